The molecule has 0 aromatic carbocycles. The average molecular weight is 351 g/mol. The van der Waals surface area contributed by atoms with Gasteiger partial charge in [0.1, 0.15) is 6.04 Å². The van der Waals surface area contributed by atoms with Gasteiger partial charge in [0, 0.05) is 0 Å². The molecule has 140 valence electrons. The molecule has 1 amide bonds. The van der Waals surface area contributed by atoms with E-state index in [2.05, 4.69) is 20.9 Å². The van der Waals surface area contributed by atoms with Gasteiger partial charge in [0.05, 0.1) is 18.3 Å². The molecule has 8 nitrogen and oxygen atoms in total. The standard InChI is InChI=1S/C17H29N5O3/c1-5-11(3)14(17(24)25-6-2)19-16(23)15-12(4)22(21-20-15)13-7-9-18-10-8-13/h11,13-14,18H,5-10H2,1-4H3,(H,19,23). The highest BCUT2D eigenvalue weighted by atomic mass is 16.5. The second kappa shape index (κ2) is 8.94. The second-order valence-corrected chi connectivity index (χ2v) is 6.54. The zero-order chi connectivity index (χ0) is 18.4. The Morgan fingerprint density at radius 1 is 1.36 bits per heavy atom. The van der Waals surface area contributed by atoms with Gasteiger partial charge < -0.3 is 15.4 Å². The maximum absolute atomic E-state index is 12.7. The van der Waals surface area contributed by atoms with Crippen LogP contribution in [0.4, 0.5) is 0 Å². The van der Waals surface area contributed by atoms with E-state index >= 15 is 0 Å². The van der Waals surface area contributed by atoms with Crippen molar-refractivity contribution in [2.75, 3.05) is 19.7 Å². The van der Waals surface area contributed by atoms with Crippen LogP contribution in [0.25, 0.3) is 0 Å². The molecule has 1 aromatic heterocycles. The molecule has 25 heavy (non-hydrogen) atoms. The summed E-state index contributed by atoms with van der Waals surface area (Å²) >= 11 is 0. The highest BCUT2D eigenvalue weighted by molar-refractivity contribution is 5.96. The Kier molecular flexibility index (Phi) is 6.92. The van der Waals surface area contributed by atoms with Gasteiger partial charge in [-0.15, -0.1) is 5.10 Å². The third-order valence-corrected chi connectivity index (χ3v) is 4.84. The van der Waals surface area contributed by atoms with E-state index in [0.29, 0.717) is 0 Å². The lowest BCUT2D eigenvalue weighted by Crippen LogP contribution is -2.46. The monoisotopic (exact) mass is 351 g/mol. The molecular weight excluding hydrogens is 322 g/mol. The predicted molar refractivity (Wildman–Crippen MR) is 93.2 cm³/mol. The Balaban J connectivity index is 2.13. The van der Waals surface area contributed by atoms with Gasteiger partial charge in [0.25, 0.3) is 5.91 Å². The first kappa shape index (κ1) is 19.4. The van der Waals surface area contributed by atoms with Crippen LogP contribution >= 0.6 is 0 Å². The van der Waals surface area contributed by atoms with Crippen molar-refractivity contribution in [2.24, 2.45) is 5.92 Å². The molecule has 0 aliphatic carbocycles. The molecule has 0 saturated carbocycles. The van der Waals surface area contributed by atoms with Crippen molar-refractivity contribution < 1.29 is 14.3 Å². The highest BCUT2D eigenvalue weighted by Gasteiger charge is 2.30. The molecule has 2 rings (SSSR count). The second-order valence-electron chi connectivity index (χ2n) is 6.54. The molecule has 0 spiro atoms. The Hall–Kier alpha value is -1.96. The average Bonchev–Trinajstić information content (AvgIpc) is 3.01. The number of amides is 1. The number of hydrogen-bond donors (Lipinski definition) is 2. The number of carbonyl (C=O) groups is 2. The Morgan fingerprint density at radius 3 is 2.64 bits per heavy atom. The number of piperidine rings is 1. The minimum Gasteiger partial charge on any atom is -0.464 e. The fourth-order valence-electron chi connectivity index (χ4n) is 3.06. The molecule has 1 fully saturated rings. The molecule has 0 radical (unpaired) electrons. The zero-order valence-electron chi connectivity index (χ0n) is 15.5. The summed E-state index contributed by atoms with van der Waals surface area (Å²) in [6.07, 6.45) is 2.68. The summed E-state index contributed by atoms with van der Waals surface area (Å²) in [5, 5.41) is 14.3. The molecule has 2 heterocycles. The van der Waals surface area contributed by atoms with E-state index in [0.717, 1.165) is 38.0 Å². The summed E-state index contributed by atoms with van der Waals surface area (Å²) < 4.78 is 6.92. The quantitative estimate of drug-likeness (QED) is 0.717. The van der Waals surface area contributed by atoms with Crippen molar-refractivity contribution in [2.45, 2.75) is 59.0 Å². The van der Waals surface area contributed by atoms with Crippen LogP contribution in [0, 0.1) is 12.8 Å². The first-order valence-corrected chi connectivity index (χ1v) is 9.09. The van der Waals surface area contributed by atoms with Gasteiger partial charge in [-0.25, -0.2) is 9.48 Å². The van der Waals surface area contributed by atoms with E-state index in [-0.39, 0.29) is 30.2 Å². The zero-order valence-corrected chi connectivity index (χ0v) is 15.5. The number of carbonyl (C=O) groups excluding carboxylic acids is 2. The van der Waals surface area contributed by atoms with Crippen LogP contribution < -0.4 is 10.6 Å². The number of hydrogen-bond acceptors (Lipinski definition) is 6. The first-order valence-electron chi connectivity index (χ1n) is 9.09. The summed E-state index contributed by atoms with van der Waals surface area (Å²) in [6, 6.07) is -0.424. The van der Waals surface area contributed by atoms with Gasteiger partial charge in [0.2, 0.25) is 0 Å². The lowest BCUT2D eigenvalue weighted by atomic mass is 9.99. The third kappa shape index (κ3) is 4.56. The van der Waals surface area contributed by atoms with Gasteiger partial charge in [0.15, 0.2) is 5.69 Å². The van der Waals surface area contributed by atoms with Gasteiger partial charge in [-0.05, 0) is 45.7 Å². The fourth-order valence-corrected chi connectivity index (χ4v) is 3.06. The van der Waals surface area contributed by atoms with Crippen molar-refractivity contribution in [3.8, 4) is 0 Å². The highest BCUT2D eigenvalue weighted by Crippen LogP contribution is 2.20. The number of esters is 1. The molecular formula is C17H29N5O3. The van der Waals surface area contributed by atoms with Crippen LogP contribution in [0.2, 0.25) is 0 Å². The van der Waals surface area contributed by atoms with Gasteiger partial charge in [-0.2, -0.15) is 0 Å². The molecule has 2 N–H and O–H groups in total. The molecule has 2 atom stereocenters. The van der Waals surface area contributed by atoms with Crippen LogP contribution in [0.5, 0.6) is 0 Å². The van der Waals surface area contributed by atoms with E-state index in [1.807, 2.05) is 25.5 Å². The SMILES string of the molecule is CCOC(=O)C(NC(=O)c1nnn(C2CCNCC2)c1C)C(C)CC. The summed E-state index contributed by atoms with van der Waals surface area (Å²) in [7, 11) is 0. The summed E-state index contributed by atoms with van der Waals surface area (Å²) in [6.45, 7) is 9.64. The van der Waals surface area contributed by atoms with Crippen molar-refractivity contribution >= 4 is 11.9 Å². The van der Waals surface area contributed by atoms with Gasteiger partial charge >= 0.3 is 5.97 Å². The molecule has 1 aliphatic rings. The molecule has 1 aromatic rings. The van der Waals surface area contributed by atoms with Crippen LogP contribution in [0.3, 0.4) is 0 Å². The van der Waals surface area contributed by atoms with Gasteiger partial charge in [-0.1, -0.05) is 25.5 Å². The predicted octanol–water partition coefficient (Wildman–Crippen LogP) is 1.22. The molecule has 1 aliphatic heterocycles. The lowest BCUT2D eigenvalue weighted by Gasteiger charge is -2.24. The van der Waals surface area contributed by atoms with E-state index < -0.39 is 12.0 Å². The number of aromatic nitrogens is 3. The fraction of sp³-hybridized carbons (Fsp3) is 0.765. The minimum absolute atomic E-state index is 0.0252. The normalized spacial score (nSPS) is 17.8. The number of ether oxygens (including phenoxy) is 1. The summed E-state index contributed by atoms with van der Waals surface area (Å²) in [5.41, 5.74) is 1.01. The van der Waals surface area contributed by atoms with Crippen molar-refractivity contribution in [3.63, 3.8) is 0 Å². The Bertz CT molecular complexity index is 595. The number of rotatable bonds is 7. The lowest BCUT2D eigenvalue weighted by molar-refractivity contribution is -0.146. The number of nitrogens with one attached hydrogen (secondary N) is 2. The molecule has 0 bridgehead atoms. The van der Waals surface area contributed by atoms with Crippen molar-refractivity contribution in [1.82, 2.24) is 25.6 Å². The van der Waals surface area contributed by atoms with E-state index in [1.54, 1.807) is 6.92 Å². The Labute approximate surface area is 148 Å². The molecule has 1 saturated heterocycles. The Morgan fingerprint density at radius 2 is 2.04 bits per heavy atom. The smallest absolute Gasteiger partial charge is 0.328 e. The topological polar surface area (TPSA) is 98.1 Å². The van der Waals surface area contributed by atoms with Crippen LogP contribution in [-0.4, -0.2) is 52.6 Å². The minimum atomic E-state index is -0.680. The number of nitrogens with zero attached hydrogens (tertiary/aromatic N) is 3. The van der Waals surface area contributed by atoms with E-state index in [4.69, 9.17) is 4.74 Å². The third-order valence-electron chi connectivity index (χ3n) is 4.84. The summed E-state index contributed by atoms with van der Waals surface area (Å²) in [4.78, 5) is 24.8. The maximum atomic E-state index is 12.7. The van der Waals surface area contributed by atoms with Crippen molar-refractivity contribution in [3.05, 3.63) is 11.4 Å². The largest absolute Gasteiger partial charge is 0.464 e. The van der Waals surface area contributed by atoms with E-state index in [9.17, 15) is 9.59 Å². The maximum Gasteiger partial charge on any atom is 0.328 e. The summed E-state index contributed by atoms with van der Waals surface area (Å²) in [5.74, 6) is -0.813. The van der Waals surface area contributed by atoms with Crippen LogP contribution in [0.15, 0.2) is 0 Å². The van der Waals surface area contributed by atoms with Crippen molar-refractivity contribution in [1.29, 1.82) is 0 Å². The van der Waals surface area contributed by atoms with Crippen LogP contribution in [-0.2, 0) is 9.53 Å². The van der Waals surface area contributed by atoms with Gasteiger partial charge in [-0.3, -0.25) is 4.79 Å². The molecule has 8 heteroatoms. The van der Waals surface area contributed by atoms with Crippen LogP contribution in [0.1, 0.15) is 62.3 Å². The first-order chi connectivity index (χ1) is 12.0. The molecule has 2 unspecified atom stereocenters. The van der Waals surface area contributed by atoms with E-state index in [1.165, 1.54) is 0 Å².